The highest BCUT2D eigenvalue weighted by Gasteiger charge is 2.19. The maximum absolute atomic E-state index is 11.6. The number of Topliss-reactive ketones (excluding diaryl/α,β-unsaturated/α-hetero) is 1. The molecule has 0 amide bonds. The lowest BCUT2D eigenvalue weighted by molar-refractivity contribution is -0.134. The molecule has 0 bridgehead atoms. The van der Waals surface area contributed by atoms with Crippen LogP contribution in [0.1, 0.15) is 12.8 Å². The van der Waals surface area contributed by atoms with Gasteiger partial charge in [0.2, 0.25) is 0 Å². The van der Waals surface area contributed by atoms with Gasteiger partial charge in [0, 0.05) is 18.1 Å². The number of rotatable bonds is 3. The van der Waals surface area contributed by atoms with Crippen LogP contribution in [0.25, 0.3) is 0 Å². The minimum absolute atomic E-state index is 0.0107. The Labute approximate surface area is 104 Å². The molecule has 5 heteroatoms. The van der Waals surface area contributed by atoms with Crippen molar-refractivity contribution in [3.63, 3.8) is 0 Å². The molecule has 1 aliphatic heterocycles. The molecule has 0 saturated carbocycles. The summed E-state index contributed by atoms with van der Waals surface area (Å²) in [6, 6.07) is 5.90. The average Bonchev–Trinajstić information content (AvgIpc) is 2.32. The van der Waals surface area contributed by atoms with Crippen molar-refractivity contribution in [3.05, 3.63) is 36.1 Å². The van der Waals surface area contributed by atoms with E-state index in [1.165, 1.54) is 18.4 Å². The van der Waals surface area contributed by atoms with E-state index in [1.807, 2.05) is 0 Å². The van der Waals surface area contributed by atoms with Gasteiger partial charge in [-0.2, -0.15) is 0 Å². The summed E-state index contributed by atoms with van der Waals surface area (Å²) in [5.41, 5.74) is 0.311. The third-order valence-electron chi connectivity index (χ3n) is 2.41. The Morgan fingerprint density at radius 2 is 2.28 bits per heavy atom. The molecule has 0 fully saturated rings. The fraction of sp³-hybridized carbons (Fsp3) is 0.231. The van der Waals surface area contributed by atoms with Crippen molar-refractivity contribution >= 4 is 11.8 Å². The summed E-state index contributed by atoms with van der Waals surface area (Å²) in [6.07, 6.45) is 1.45. The summed E-state index contributed by atoms with van der Waals surface area (Å²) in [7, 11) is 0. The molecule has 0 unspecified atom stereocenters. The zero-order valence-electron chi connectivity index (χ0n) is 9.59. The minimum atomic E-state index is -0.564. The van der Waals surface area contributed by atoms with E-state index in [0.29, 0.717) is 12.2 Å². The molecule has 1 aromatic rings. The van der Waals surface area contributed by atoms with E-state index in [2.05, 4.69) is 0 Å². The number of esters is 1. The van der Waals surface area contributed by atoms with E-state index in [0.717, 1.165) is 0 Å². The minimum Gasteiger partial charge on any atom is -0.508 e. The van der Waals surface area contributed by atoms with Crippen LogP contribution in [0.4, 0.5) is 0 Å². The summed E-state index contributed by atoms with van der Waals surface area (Å²) in [5.74, 6) is -0.416. The molecule has 0 aliphatic carbocycles. The molecule has 1 aromatic carbocycles. The van der Waals surface area contributed by atoms with E-state index in [9.17, 15) is 14.7 Å². The monoisotopic (exact) mass is 248 g/mol. The number of aromatic hydroxyl groups is 1. The second kappa shape index (κ2) is 5.35. The quantitative estimate of drug-likeness (QED) is 0.649. The zero-order valence-corrected chi connectivity index (χ0v) is 9.59. The van der Waals surface area contributed by atoms with Crippen LogP contribution >= 0.6 is 0 Å². The molecule has 0 aromatic heterocycles. The molecule has 0 radical (unpaired) electrons. The van der Waals surface area contributed by atoms with Gasteiger partial charge in [-0.1, -0.05) is 6.07 Å². The molecule has 18 heavy (non-hydrogen) atoms. The molecule has 1 N–H and O–H groups in total. The van der Waals surface area contributed by atoms with Crippen molar-refractivity contribution in [2.24, 2.45) is 0 Å². The Morgan fingerprint density at radius 1 is 1.44 bits per heavy atom. The fourth-order valence-electron chi connectivity index (χ4n) is 1.55. The molecular formula is C13H12O5. The number of phenolic OH excluding ortho intramolecular Hbond substituents is 1. The Morgan fingerprint density at radius 3 is 3.00 bits per heavy atom. The number of ketones is 1. The second-order valence-electron chi connectivity index (χ2n) is 3.84. The topological polar surface area (TPSA) is 72.8 Å². The van der Waals surface area contributed by atoms with Crippen molar-refractivity contribution in [1.29, 1.82) is 0 Å². The van der Waals surface area contributed by atoms with Crippen molar-refractivity contribution in [1.82, 2.24) is 0 Å². The van der Waals surface area contributed by atoms with Crippen LogP contribution in [0.2, 0.25) is 0 Å². The number of carbonyl (C=O) groups is 2. The first-order chi connectivity index (χ1) is 8.65. The lowest BCUT2D eigenvalue weighted by Gasteiger charge is -2.12. The average molecular weight is 248 g/mol. The first kappa shape index (κ1) is 12.2. The second-order valence-corrected chi connectivity index (χ2v) is 3.84. The maximum atomic E-state index is 11.6. The van der Waals surface area contributed by atoms with E-state index < -0.39 is 5.97 Å². The first-order valence-electron chi connectivity index (χ1n) is 5.49. The normalized spacial score (nSPS) is 14.7. The van der Waals surface area contributed by atoms with Gasteiger partial charge in [-0.15, -0.1) is 0 Å². The molecule has 94 valence electrons. The number of benzene rings is 1. The fourth-order valence-corrected chi connectivity index (χ4v) is 1.55. The Kier molecular flexibility index (Phi) is 3.62. The molecule has 2 rings (SSSR count). The lowest BCUT2D eigenvalue weighted by atomic mass is 10.1. The van der Waals surface area contributed by atoms with Gasteiger partial charge in [0.25, 0.3) is 0 Å². The lowest BCUT2D eigenvalue weighted by Crippen LogP contribution is -2.17. The smallest absolute Gasteiger partial charge is 0.315 e. The van der Waals surface area contributed by atoms with Gasteiger partial charge in [-0.05, 0) is 12.1 Å². The van der Waals surface area contributed by atoms with Crippen LogP contribution in [-0.2, 0) is 14.3 Å². The maximum Gasteiger partial charge on any atom is 0.315 e. The molecule has 1 aliphatic rings. The third-order valence-corrected chi connectivity index (χ3v) is 2.41. The number of ether oxygens (including phenoxy) is 2. The molecule has 5 nitrogen and oxygen atoms in total. The van der Waals surface area contributed by atoms with Gasteiger partial charge < -0.3 is 14.6 Å². The molecule has 0 saturated heterocycles. The van der Waals surface area contributed by atoms with E-state index in [-0.39, 0.29) is 30.1 Å². The summed E-state index contributed by atoms with van der Waals surface area (Å²) < 4.78 is 9.99. The van der Waals surface area contributed by atoms with Gasteiger partial charge in [0.15, 0.2) is 5.78 Å². The van der Waals surface area contributed by atoms with Crippen molar-refractivity contribution in [2.45, 2.75) is 12.8 Å². The van der Waals surface area contributed by atoms with Crippen molar-refractivity contribution in [2.75, 3.05) is 6.61 Å². The van der Waals surface area contributed by atoms with Crippen LogP contribution in [0.5, 0.6) is 11.5 Å². The zero-order chi connectivity index (χ0) is 13.0. The standard InChI is InChI=1S/C13H12O5/c14-10-2-1-3-11(7-10)18-13(16)6-9-8-17-5-4-12(9)15/h1-3,7-8,14H,4-6H2. The molecule has 1 heterocycles. The third kappa shape index (κ3) is 3.10. The van der Waals surface area contributed by atoms with Crippen LogP contribution in [0.15, 0.2) is 36.1 Å². The number of hydrogen-bond acceptors (Lipinski definition) is 5. The van der Waals surface area contributed by atoms with Gasteiger partial charge in [-0.25, -0.2) is 0 Å². The van der Waals surface area contributed by atoms with Crippen LogP contribution in [0, 0.1) is 0 Å². The molecular weight excluding hydrogens is 236 g/mol. The predicted octanol–water partition coefficient (Wildman–Crippen LogP) is 1.56. The highest BCUT2D eigenvalue weighted by molar-refractivity contribution is 5.99. The Bertz CT molecular complexity index is 504. The van der Waals surface area contributed by atoms with Gasteiger partial charge in [-0.3, -0.25) is 9.59 Å². The van der Waals surface area contributed by atoms with Gasteiger partial charge in [0.05, 0.1) is 19.3 Å². The Balaban J connectivity index is 1.97. The van der Waals surface area contributed by atoms with Crippen LogP contribution in [0.3, 0.4) is 0 Å². The summed E-state index contributed by atoms with van der Waals surface area (Å²) in [5, 5.41) is 9.21. The van der Waals surface area contributed by atoms with E-state index >= 15 is 0 Å². The van der Waals surface area contributed by atoms with Crippen molar-refractivity contribution in [3.8, 4) is 11.5 Å². The number of carbonyl (C=O) groups excluding carboxylic acids is 2. The predicted molar refractivity (Wildman–Crippen MR) is 62.0 cm³/mol. The van der Waals surface area contributed by atoms with Gasteiger partial charge >= 0.3 is 5.97 Å². The van der Waals surface area contributed by atoms with Gasteiger partial charge in [0.1, 0.15) is 11.5 Å². The van der Waals surface area contributed by atoms with Crippen molar-refractivity contribution < 1.29 is 24.2 Å². The summed E-state index contributed by atoms with van der Waals surface area (Å²) >= 11 is 0. The van der Waals surface area contributed by atoms with Crippen LogP contribution < -0.4 is 4.74 Å². The highest BCUT2D eigenvalue weighted by atomic mass is 16.5. The number of hydrogen-bond donors (Lipinski definition) is 1. The molecule has 0 spiro atoms. The van der Waals surface area contributed by atoms with E-state index in [1.54, 1.807) is 12.1 Å². The number of phenols is 1. The molecule has 0 atom stereocenters. The van der Waals surface area contributed by atoms with Crippen LogP contribution in [-0.4, -0.2) is 23.5 Å². The largest absolute Gasteiger partial charge is 0.508 e. The highest BCUT2D eigenvalue weighted by Crippen LogP contribution is 2.19. The summed E-state index contributed by atoms with van der Waals surface area (Å²) in [6.45, 7) is 0.351. The van der Waals surface area contributed by atoms with E-state index in [4.69, 9.17) is 9.47 Å². The Hall–Kier alpha value is -2.30. The summed E-state index contributed by atoms with van der Waals surface area (Å²) in [4.78, 5) is 23.0. The first-order valence-corrected chi connectivity index (χ1v) is 5.49. The SMILES string of the molecule is O=C(CC1=COCCC1=O)Oc1cccc(O)c1.